The van der Waals surface area contributed by atoms with Gasteiger partial charge >= 0.3 is 0 Å². The molecule has 8 heteroatoms. The Morgan fingerprint density at radius 1 is 0.897 bits per heavy atom. The predicted molar refractivity (Wildman–Crippen MR) is 103 cm³/mol. The highest BCUT2D eigenvalue weighted by Crippen LogP contribution is 2.34. The van der Waals surface area contributed by atoms with Crippen molar-refractivity contribution in [1.29, 1.82) is 0 Å². The van der Waals surface area contributed by atoms with Crippen LogP contribution in [0.5, 0.6) is 0 Å². The maximum atomic E-state index is 12.5. The SMILES string of the molecule is O=C(CN1C(=O)[C@@H]2CC=CC[C@H]2C1=O)NNC(=O)c1ccccc1-n1cccc1. The summed E-state index contributed by atoms with van der Waals surface area (Å²) < 4.78 is 1.79. The van der Waals surface area contributed by atoms with Gasteiger partial charge in [-0.1, -0.05) is 24.3 Å². The Labute approximate surface area is 167 Å². The van der Waals surface area contributed by atoms with Crippen LogP contribution < -0.4 is 10.9 Å². The van der Waals surface area contributed by atoms with Crippen LogP contribution in [-0.4, -0.2) is 39.6 Å². The molecule has 2 aliphatic rings. The van der Waals surface area contributed by atoms with E-state index in [-0.39, 0.29) is 23.7 Å². The lowest BCUT2D eigenvalue weighted by Crippen LogP contribution is -2.48. The van der Waals surface area contributed by atoms with Gasteiger partial charge in [0.2, 0.25) is 11.8 Å². The number of carbonyl (C=O) groups is 4. The Kier molecular flexibility index (Phi) is 4.99. The molecule has 1 saturated heterocycles. The van der Waals surface area contributed by atoms with Crippen molar-refractivity contribution in [2.24, 2.45) is 11.8 Å². The average Bonchev–Trinajstić information content (AvgIpc) is 3.36. The summed E-state index contributed by atoms with van der Waals surface area (Å²) in [5.74, 6) is -2.57. The van der Waals surface area contributed by atoms with Crippen molar-refractivity contribution in [3.05, 3.63) is 66.5 Å². The molecule has 1 aromatic heterocycles. The molecule has 2 aromatic rings. The minimum absolute atomic E-state index is 0.330. The van der Waals surface area contributed by atoms with Crippen LogP contribution in [0.15, 0.2) is 60.9 Å². The average molecular weight is 392 g/mol. The Bertz CT molecular complexity index is 970. The molecule has 0 bridgehead atoms. The summed E-state index contributed by atoms with van der Waals surface area (Å²) in [6, 6.07) is 10.6. The first-order valence-electron chi connectivity index (χ1n) is 9.38. The van der Waals surface area contributed by atoms with Crippen molar-refractivity contribution in [3.8, 4) is 5.69 Å². The number of benzene rings is 1. The van der Waals surface area contributed by atoms with Crippen molar-refractivity contribution < 1.29 is 19.2 Å². The van der Waals surface area contributed by atoms with E-state index in [4.69, 9.17) is 0 Å². The summed E-state index contributed by atoms with van der Waals surface area (Å²) in [4.78, 5) is 50.6. The van der Waals surface area contributed by atoms with E-state index in [9.17, 15) is 19.2 Å². The molecule has 1 aliphatic carbocycles. The molecular weight excluding hydrogens is 372 g/mol. The molecule has 1 fully saturated rings. The third-order valence-electron chi connectivity index (χ3n) is 5.25. The van der Waals surface area contributed by atoms with Crippen LogP contribution in [0.1, 0.15) is 23.2 Å². The highest BCUT2D eigenvalue weighted by Gasteiger charge is 2.47. The lowest BCUT2D eigenvalue weighted by atomic mass is 9.85. The quantitative estimate of drug-likeness (QED) is 0.464. The van der Waals surface area contributed by atoms with Gasteiger partial charge in [-0.15, -0.1) is 0 Å². The number of nitrogens with zero attached hydrogens (tertiary/aromatic N) is 2. The summed E-state index contributed by atoms with van der Waals surface area (Å²) in [5.41, 5.74) is 5.68. The molecule has 2 heterocycles. The van der Waals surface area contributed by atoms with E-state index in [1.165, 1.54) is 0 Å². The molecule has 2 N–H and O–H groups in total. The first-order valence-corrected chi connectivity index (χ1v) is 9.38. The number of nitrogens with one attached hydrogen (secondary N) is 2. The Morgan fingerprint density at radius 3 is 2.17 bits per heavy atom. The number of likely N-dealkylation sites (tertiary alicyclic amines) is 1. The Hall–Kier alpha value is -3.68. The fourth-order valence-corrected chi connectivity index (χ4v) is 3.79. The van der Waals surface area contributed by atoms with Crippen molar-refractivity contribution in [3.63, 3.8) is 0 Å². The number of allylic oxidation sites excluding steroid dienone is 2. The van der Waals surface area contributed by atoms with Gasteiger partial charge in [-0.3, -0.25) is 34.9 Å². The highest BCUT2D eigenvalue weighted by atomic mass is 16.2. The highest BCUT2D eigenvalue weighted by molar-refractivity contribution is 6.07. The van der Waals surface area contributed by atoms with Crippen LogP contribution in [0.2, 0.25) is 0 Å². The molecule has 0 radical (unpaired) electrons. The second-order valence-electron chi connectivity index (χ2n) is 7.03. The molecule has 29 heavy (non-hydrogen) atoms. The van der Waals surface area contributed by atoms with Crippen LogP contribution >= 0.6 is 0 Å². The Morgan fingerprint density at radius 2 is 1.52 bits per heavy atom. The molecule has 4 amide bonds. The number of imide groups is 1. The van der Waals surface area contributed by atoms with Gasteiger partial charge in [0.05, 0.1) is 23.1 Å². The van der Waals surface area contributed by atoms with Gasteiger partial charge in [-0.25, -0.2) is 0 Å². The third-order valence-corrected chi connectivity index (χ3v) is 5.25. The second-order valence-corrected chi connectivity index (χ2v) is 7.03. The molecule has 4 rings (SSSR count). The normalized spacial score (nSPS) is 20.5. The van der Waals surface area contributed by atoms with Gasteiger partial charge in [0.1, 0.15) is 6.54 Å². The number of aromatic nitrogens is 1. The first kappa shape index (κ1) is 18.7. The van der Waals surface area contributed by atoms with Crippen LogP contribution in [0.25, 0.3) is 5.69 Å². The van der Waals surface area contributed by atoms with Crippen LogP contribution in [0.4, 0.5) is 0 Å². The lowest BCUT2D eigenvalue weighted by molar-refractivity contribution is -0.143. The van der Waals surface area contributed by atoms with Gasteiger partial charge in [-0.05, 0) is 37.1 Å². The maximum Gasteiger partial charge on any atom is 0.271 e. The third kappa shape index (κ3) is 3.56. The zero-order valence-corrected chi connectivity index (χ0v) is 15.6. The van der Waals surface area contributed by atoms with Gasteiger partial charge in [0.25, 0.3) is 11.8 Å². The molecule has 0 spiro atoms. The van der Waals surface area contributed by atoms with Crippen LogP contribution in [0, 0.1) is 11.8 Å². The summed E-state index contributed by atoms with van der Waals surface area (Å²) in [6.45, 7) is -0.413. The number of carbonyl (C=O) groups excluding carboxylic acids is 4. The van der Waals surface area contributed by atoms with E-state index < -0.39 is 18.4 Å². The summed E-state index contributed by atoms with van der Waals surface area (Å²) in [6.07, 6.45) is 8.42. The molecule has 8 nitrogen and oxygen atoms in total. The van der Waals surface area contributed by atoms with E-state index in [0.29, 0.717) is 24.1 Å². The minimum Gasteiger partial charge on any atom is -0.323 e. The number of amides is 4. The second kappa shape index (κ2) is 7.75. The van der Waals surface area contributed by atoms with E-state index in [1.54, 1.807) is 22.8 Å². The van der Waals surface area contributed by atoms with Gasteiger partial charge in [0.15, 0.2) is 0 Å². The fraction of sp³-hybridized carbons (Fsp3) is 0.238. The number of para-hydroxylation sites is 1. The topological polar surface area (TPSA) is 101 Å². The lowest BCUT2D eigenvalue weighted by Gasteiger charge is -2.15. The number of hydrogen-bond acceptors (Lipinski definition) is 4. The van der Waals surface area contributed by atoms with Gasteiger partial charge < -0.3 is 4.57 Å². The first-order chi connectivity index (χ1) is 14.1. The van der Waals surface area contributed by atoms with Crippen LogP contribution in [0.3, 0.4) is 0 Å². The molecule has 2 atom stereocenters. The van der Waals surface area contributed by atoms with Crippen molar-refractivity contribution in [2.75, 3.05) is 6.54 Å². The predicted octanol–water partition coefficient (Wildman–Crippen LogP) is 1.19. The summed E-state index contributed by atoms with van der Waals surface area (Å²) >= 11 is 0. The van der Waals surface area contributed by atoms with E-state index in [2.05, 4.69) is 10.9 Å². The standard InChI is InChI=1S/C21H20N4O4/c26-18(13-25-20(28)14-7-1-2-8-15(14)21(25)29)22-23-19(27)16-9-3-4-10-17(16)24-11-5-6-12-24/h1-6,9-12,14-15H,7-8,13H2,(H,22,26)(H,23,27)/t14-,15-/m1/s1. The smallest absolute Gasteiger partial charge is 0.271 e. The van der Waals surface area contributed by atoms with Crippen molar-refractivity contribution in [1.82, 2.24) is 20.3 Å². The summed E-state index contributed by atoms with van der Waals surface area (Å²) in [5, 5.41) is 0. The molecule has 1 aliphatic heterocycles. The van der Waals surface area contributed by atoms with Crippen LogP contribution in [-0.2, 0) is 14.4 Å². The van der Waals surface area contributed by atoms with E-state index >= 15 is 0 Å². The number of hydrazine groups is 1. The fourth-order valence-electron chi connectivity index (χ4n) is 3.79. The monoisotopic (exact) mass is 392 g/mol. The van der Waals surface area contributed by atoms with Gasteiger partial charge in [-0.2, -0.15) is 0 Å². The van der Waals surface area contributed by atoms with Crippen molar-refractivity contribution in [2.45, 2.75) is 12.8 Å². The van der Waals surface area contributed by atoms with E-state index in [0.717, 1.165) is 4.90 Å². The number of hydrogen-bond donors (Lipinski definition) is 2. The number of rotatable bonds is 4. The summed E-state index contributed by atoms with van der Waals surface area (Å²) in [7, 11) is 0. The zero-order valence-electron chi connectivity index (χ0n) is 15.6. The largest absolute Gasteiger partial charge is 0.323 e. The maximum absolute atomic E-state index is 12.5. The number of fused-ring (bicyclic) bond motifs is 1. The molecule has 0 unspecified atom stereocenters. The Balaban J connectivity index is 1.38. The molecule has 0 saturated carbocycles. The van der Waals surface area contributed by atoms with Gasteiger partial charge in [0, 0.05) is 12.4 Å². The van der Waals surface area contributed by atoms with Crippen molar-refractivity contribution >= 4 is 23.6 Å². The molecule has 1 aromatic carbocycles. The zero-order chi connectivity index (χ0) is 20.4. The molecule has 148 valence electrons. The molecular formula is C21H20N4O4. The minimum atomic E-state index is -0.634. The van der Waals surface area contributed by atoms with E-state index in [1.807, 2.05) is 42.7 Å².